The molecule has 3 rings (SSSR count). The first kappa shape index (κ1) is 17.9. The molecule has 0 saturated carbocycles. The molecule has 0 saturated heterocycles. The van der Waals surface area contributed by atoms with Crippen LogP contribution in [-0.4, -0.2) is 18.9 Å². The molecule has 0 amide bonds. The third-order valence-corrected chi connectivity index (χ3v) is 5.36. The topological polar surface area (TPSA) is 124 Å². The highest BCUT2D eigenvalue weighted by Gasteiger charge is 2.33. The molecule has 1 aromatic carbocycles. The summed E-state index contributed by atoms with van der Waals surface area (Å²) in [6.07, 6.45) is 4.33. The minimum atomic E-state index is -0.483. The van der Waals surface area contributed by atoms with Crippen molar-refractivity contribution in [3.63, 3.8) is 0 Å². The van der Waals surface area contributed by atoms with E-state index < -0.39 is 5.92 Å². The van der Waals surface area contributed by atoms with Gasteiger partial charge in [-0.25, -0.2) is 4.99 Å². The van der Waals surface area contributed by atoms with E-state index in [1.807, 2.05) is 6.07 Å². The summed E-state index contributed by atoms with van der Waals surface area (Å²) in [6, 6.07) is 9.80. The summed E-state index contributed by atoms with van der Waals surface area (Å²) in [5.41, 5.74) is 15.8. The first-order valence-electron chi connectivity index (χ1n) is 8.11. The molecule has 5 N–H and O–H groups in total. The third kappa shape index (κ3) is 3.03. The second-order valence-electron chi connectivity index (χ2n) is 5.94. The van der Waals surface area contributed by atoms with E-state index in [0.29, 0.717) is 33.4 Å². The summed E-state index contributed by atoms with van der Waals surface area (Å²) in [7, 11) is 0. The van der Waals surface area contributed by atoms with Crippen molar-refractivity contribution in [2.24, 2.45) is 16.5 Å². The van der Waals surface area contributed by atoms with Gasteiger partial charge in [0, 0.05) is 22.8 Å². The first-order valence-corrected chi connectivity index (χ1v) is 8.90. The molecule has 2 heterocycles. The van der Waals surface area contributed by atoms with E-state index in [2.05, 4.69) is 44.5 Å². The summed E-state index contributed by atoms with van der Waals surface area (Å²) in [6.45, 7) is 1.52. The Bertz CT molecular complexity index is 955. The van der Waals surface area contributed by atoms with Gasteiger partial charge in [0.25, 0.3) is 0 Å². The average Bonchev–Trinajstić information content (AvgIpc) is 2.68. The Morgan fingerprint density at radius 1 is 1.31 bits per heavy atom. The Morgan fingerprint density at radius 2 is 2.12 bits per heavy atom. The zero-order valence-electron chi connectivity index (χ0n) is 14.0. The lowest BCUT2D eigenvalue weighted by Crippen LogP contribution is -2.30. The number of halogens is 1. The van der Waals surface area contributed by atoms with Gasteiger partial charge in [-0.1, -0.05) is 18.2 Å². The monoisotopic (exact) mass is 408 g/mol. The molecule has 6 nitrogen and oxygen atoms in total. The molecular weight excluding hydrogens is 392 g/mol. The number of nitrogens with two attached hydrogens (primary N) is 2. The fourth-order valence-electron chi connectivity index (χ4n) is 3.24. The molecule has 0 fully saturated rings. The van der Waals surface area contributed by atoms with Gasteiger partial charge in [0.15, 0.2) is 0 Å². The molecule has 1 aromatic rings. The van der Waals surface area contributed by atoms with E-state index >= 15 is 0 Å². The summed E-state index contributed by atoms with van der Waals surface area (Å²) in [5.74, 6) is -0.199. The molecule has 0 radical (unpaired) electrons. The molecule has 0 bridgehead atoms. The van der Waals surface area contributed by atoms with Crippen LogP contribution < -0.4 is 16.8 Å². The van der Waals surface area contributed by atoms with Crippen LogP contribution in [0.15, 0.2) is 62.4 Å². The highest BCUT2D eigenvalue weighted by atomic mass is 79.9. The molecule has 0 aromatic heterocycles. The van der Waals surface area contributed by atoms with Gasteiger partial charge in [-0.2, -0.15) is 10.5 Å². The van der Waals surface area contributed by atoms with Gasteiger partial charge < -0.3 is 16.8 Å². The average molecular weight is 409 g/mol. The minimum Gasteiger partial charge on any atom is -0.404 e. The Balaban J connectivity index is 2.26. The second-order valence-corrected chi connectivity index (χ2v) is 6.73. The van der Waals surface area contributed by atoms with Crippen molar-refractivity contribution < 1.29 is 0 Å². The molecule has 26 heavy (non-hydrogen) atoms. The first-order chi connectivity index (χ1) is 12.6. The number of rotatable bonds is 2. The maximum Gasteiger partial charge on any atom is 0.129 e. The number of amidine groups is 1. The lowest BCUT2D eigenvalue weighted by molar-refractivity contribution is 0.702. The maximum atomic E-state index is 9.93. The standard InChI is InChI=1S/C19H17BrN6/c20-17-11(7-21)3-1-5-13(17)16-14(8-22)18(12-4-2-6-25-10-12)26-19(24)15(16)9-23/h1,3-5,9,16,25H,2,6,10,23H2,(H2,24,26)/b15-9-. The van der Waals surface area contributed by atoms with E-state index in [-0.39, 0.29) is 5.84 Å². The van der Waals surface area contributed by atoms with Gasteiger partial charge in [-0.3, -0.25) is 0 Å². The SMILES string of the molecule is N#CC1=C(C2=CCCNC2)N=C(N)/C(=C\N)C1c1cccc(C#N)c1Br. The van der Waals surface area contributed by atoms with Gasteiger partial charge in [0.05, 0.1) is 28.8 Å². The number of nitrogens with one attached hydrogen (secondary N) is 1. The fourth-order valence-corrected chi connectivity index (χ4v) is 3.82. The van der Waals surface area contributed by atoms with Gasteiger partial charge in [-0.05, 0) is 46.1 Å². The van der Waals surface area contributed by atoms with Crippen molar-refractivity contribution >= 4 is 21.8 Å². The van der Waals surface area contributed by atoms with E-state index in [1.165, 1.54) is 6.20 Å². The van der Waals surface area contributed by atoms with Crippen molar-refractivity contribution in [1.82, 2.24) is 5.32 Å². The van der Waals surface area contributed by atoms with Crippen molar-refractivity contribution in [3.05, 3.63) is 68.5 Å². The summed E-state index contributed by atoms with van der Waals surface area (Å²) in [4.78, 5) is 4.47. The van der Waals surface area contributed by atoms with Crippen LogP contribution in [0.2, 0.25) is 0 Å². The molecular formula is C19H17BrN6. The number of aliphatic imine (C=N–C) groups is 1. The summed E-state index contributed by atoms with van der Waals surface area (Å²) >= 11 is 3.50. The quantitative estimate of drug-likeness (QED) is 0.692. The Hall–Kier alpha value is -2.87. The Morgan fingerprint density at radius 3 is 2.73 bits per heavy atom. The highest BCUT2D eigenvalue weighted by Crippen LogP contribution is 2.42. The smallest absolute Gasteiger partial charge is 0.129 e. The molecule has 0 aliphatic carbocycles. The van der Waals surface area contributed by atoms with Crippen LogP contribution in [0.1, 0.15) is 23.5 Å². The van der Waals surface area contributed by atoms with Crippen LogP contribution in [0.4, 0.5) is 0 Å². The highest BCUT2D eigenvalue weighted by molar-refractivity contribution is 9.10. The number of allylic oxidation sites excluding steroid dienone is 1. The Kier molecular flexibility index (Phi) is 5.22. The summed E-state index contributed by atoms with van der Waals surface area (Å²) < 4.78 is 0.629. The van der Waals surface area contributed by atoms with Gasteiger partial charge in [-0.15, -0.1) is 0 Å². The van der Waals surface area contributed by atoms with Gasteiger partial charge in [0.2, 0.25) is 0 Å². The number of benzene rings is 1. The fraction of sp³-hybridized carbons (Fsp3) is 0.211. The van der Waals surface area contributed by atoms with Crippen LogP contribution in [0.25, 0.3) is 0 Å². The number of nitriles is 2. The number of hydrogen-bond donors (Lipinski definition) is 3. The zero-order chi connectivity index (χ0) is 18.7. The normalized spacial score (nSPS) is 21.7. The van der Waals surface area contributed by atoms with Crippen LogP contribution in [0.3, 0.4) is 0 Å². The zero-order valence-corrected chi connectivity index (χ0v) is 15.5. The van der Waals surface area contributed by atoms with Gasteiger partial charge in [0.1, 0.15) is 11.9 Å². The molecule has 1 atom stereocenters. The molecule has 7 heteroatoms. The van der Waals surface area contributed by atoms with E-state index in [1.54, 1.807) is 12.1 Å². The minimum absolute atomic E-state index is 0.284. The number of hydrogen-bond acceptors (Lipinski definition) is 6. The molecule has 0 spiro atoms. The van der Waals surface area contributed by atoms with Crippen molar-refractivity contribution in [2.75, 3.05) is 13.1 Å². The molecule has 130 valence electrons. The number of nitrogens with zero attached hydrogens (tertiary/aromatic N) is 3. The van der Waals surface area contributed by atoms with Crippen molar-refractivity contribution in [1.29, 1.82) is 10.5 Å². The third-order valence-electron chi connectivity index (χ3n) is 4.47. The Labute approximate surface area is 160 Å². The van der Waals surface area contributed by atoms with Crippen LogP contribution in [0.5, 0.6) is 0 Å². The van der Waals surface area contributed by atoms with Gasteiger partial charge >= 0.3 is 0 Å². The summed E-state index contributed by atoms with van der Waals surface area (Å²) in [5, 5.41) is 22.5. The predicted octanol–water partition coefficient (Wildman–Crippen LogP) is 2.32. The van der Waals surface area contributed by atoms with E-state index in [0.717, 1.165) is 24.1 Å². The molecule has 2 aliphatic rings. The lowest BCUT2D eigenvalue weighted by Gasteiger charge is -2.28. The molecule has 2 aliphatic heterocycles. The molecule has 1 unspecified atom stereocenters. The lowest BCUT2D eigenvalue weighted by atomic mass is 9.80. The van der Waals surface area contributed by atoms with Crippen molar-refractivity contribution in [3.8, 4) is 12.1 Å². The van der Waals surface area contributed by atoms with Crippen LogP contribution in [-0.2, 0) is 0 Å². The van der Waals surface area contributed by atoms with E-state index in [4.69, 9.17) is 11.5 Å². The second kappa shape index (κ2) is 7.57. The largest absolute Gasteiger partial charge is 0.404 e. The van der Waals surface area contributed by atoms with E-state index in [9.17, 15) is 10.5 Å². The van der Waals surface area contributed by atoms with Crippen molar-refractivity contribution in [2.45, 2.75) is 12.3 Å². The van der Waals surface area contributed by atoms with Crippen LogP contribution >= 0.6 is 15.9 Å². The van der Waals surface area contributed by atoms with Crippen LogP contribution in [0, 0.1) is 22.7 Å². The maximum absolute atomic E-state index is 9.93. The predicted molar refractivity (Wildman–Crippen MR) is 104 cm³/mol.